The van der Waals surface area contributed by atoms with E-state index in [0.29, 0.717) is 5.11 Å². The smallest absolute Gasteiger partial charge is 0.189 e. The highest BCUT2D eigenvalue weighted by Gasteiger charge is 2.23. The maximum atomic E-state index is 5.68. The van der Waals surface area contributed by atoms with Gasteiger partial charge in [-0.05, 0) is 33.0 Å². The lowest BCUT2D eigenvalue weighted by molar-refractivity contribution is -0.0481. The zero-order valence-electron chi connectivity index (χ0n) is 11.9. The van der Waals surface area contributed by atoms with E-state index in [1.165, 1.54) is 0 Å². The minimum atomic E-state index is 0.170. The van der Waals surface area contributed by atoms with Gasteiger partial charge in [0.2, 0.25) is 0 Å². The third-order valence-corrected chi connectivity index (χ3v) is 3.31. The number of thiocarbonyl (C=S) groups is 1. The number of nitrogens with zero attached hydrogens (tertiary/aromatic N) is 4. The second-order valence-corrected chi connectivity index (χ2v) is 5.25. The second-order valence-electron chi connectivity index (χ2n) is 4.87. The Balaban J connectivity index is 1.94. The first-order valence-corrected chi connectivity index (χ1v) is 6.98. The molecule has 108 valence electrons. The molecule has 20 heavy (non-hydrogen) atoms. The molecule has 1 fully saturated rings. The molecule has 0 radical (unpaired) electrons. The summed E-state index contributed by atoms with van der Waals surface area (Å²) in [5, 5.41) is 4.87. The normalized spacial score (nSPS) is 23.6. The zero-order chi connectivity index (χ0) is 14.5. The van der Waals surface area contributed by atoms with Crippen molar-refractivity contribution < 1.29 is 4.74 Å². The largest absolute Gasteiger partial charge is 0.372 e. The van der Waals surface area contributed by atoms with Crippen LogP contribution in [-0.4, -0.2) is 51.0 Å². The van der Waals surface area contributed by atoms with Crippen molar-refractivity contribution in [2.75, 3.05) is 13.1 Å². The van der Waals surface area contributed by atoms with Gasteiger partial charge in [-0.3, -0.25) is 15.4 Å². The van der Waals surface area contributed by atoms with E-state index < -0.39 is 0 Å². The topological polar surface area (TPSA) is 62.6 Å². The highest BCUT2D eigenvalue weighted by molar-refractivity contribution is 7.80. The van der Waals surface area contributed by atoms with Crippen LogP contribution in [0.1, 0.15) is 26.5 Å². The molecule has 1 aliphatic rings. The average Bonchev–Trinajstić information content (AvgIpc) is 2.44. The molecule has 1 saturated heterocycles. The fraction of sp³-hybridized carbons (Fsp3) is 0.538. The number of hydrazone groups is 1. The molecular weight excluding hydrogens is 274 g/mol. The second kappa shape index (κ2) is 6.71. The van der Waals surface area contributed by atoms with Gasteiger partial charge in [-0.25, -0.2) is 0 Å². The van der Waals surface area contributed by atoms with Crippen LogP contribution in [0.4, 0.5) is 0 Å². The zero-order valence-corrected chi connectivity index (χ0v) is 12.7. The maximum Gasteiger partial charge on any atom is 0.189 e. The van der Waals surface area contributed by atoms with Crippen LogP contribution >= 0.6 is 12.2 Å². The van der Waals surface area contributed by atoms with Crippen molar-refractivity contribution in [1.29, 1.82) is 0 Å². The van der Waals surface area contributed by atoms with Crippen molar-refractivity contribution in [3.8, 4) is 0 Å². The number of hydrogen-bond donors (Lipinski definition) is 1. The van der Waals surface area contributed by atoms with Crippen LogP contribution in [0.5, 0.6) is 0 Å². The van der Waals surface area contributed by atoms with Crippen LogP contribution in [0.15, 0.2) is 23.7 Å². The molecule has 0 bridgehead atoms. The molecule has 0 amide bonds. The van der Waals surface area contributed by atoms with Crippen LogP contribution in [-0.2, 0) is 4.74 Å². The summed E-state index contributed by atoms with van der Waals surface area (Å²) >= 11 is 5.36. The lowest BCUT2D eigenvalue weighted by atomic mass is 10.2. The first-order valence-electron chi connectivity index (χ1n) is 6.57. The molecule has 2 rings (SSSR count). The molecule has 1 aliphatic heterocycles. The van der Waals surface area contributed by atoms with E-state index >= 15 is 0 Å². The van der Waals surface area contributed by atoms with Gasteiger partial charge >= 0.3 is 0 Å². The predicted molar refractivity (Wildman–Crippen MR) is 81.6 cm³/mol. The van der Waals surface area contributed by atoms with E-state index in [1.54, 1.807) is 18.6 Å². The number of hydrogen-bond acceptors (Lipinski definition) is 5. The van der Waals surface area contributed by atoms with E-state index in [0.717, 1.165) is 24.5 Å². The number of rotatable bonds is 2. The van der Waals surface area contributed by atoms with Crippen molar-refractivity contribution in [2.24, 2.45) is 5.10 Å². The monoisotopic (exact) mass is 293 g/mol. The van der Waals surface area contributed by atoms with Crippen molar-refractivity contribution in [3.05, 3.63) is 24.3 Å². The van der Waals surface area contributed by atoms with E-state index in [4.69, 9.17) is 17.0 Å². The summed E-state index contributed by atoms with van der Waals surface area (Å²) in [5.41, 5.74) is 4.39. The number of nitrogens with one attached hydrogen (secondary N) is 1. The van der Waals surface area contributed by atoms with Gasteiger partial charge in [0.25, 0.3) is 0 Å². The van der Waals surface area contributed by atoms with Crippen molar-refractivity contribution >= 4 is 23.0 Å². The number of morpholine rings is 1. The van der Waals surface area contributed by atoms with Crippen LogP contribution < -0.4 is 5.43 Å². The van der Waals surface area contributed by atoms with E-state index in [2.05, 4.69) is 25.4 Å². The average molecular weight is 293 g/mol. The Morgan fingerprint density at radius 1 is 1.40 bits per heavy atom. The van der Waals surface area contributed by atoms with Crippen molar-refractivity contribution in [3.63, 3.8) is 0 Å². The van der Waals surface area contributed by atoms with Gasteiger partial charge in [0.05, 0.1) is 24.1 Å². The molecule has 2 unspecified atom stereocenters. The minimum Gasteiger partial charge on any atom is -0.372 e. The molecule has 7 heteroatoms. The van der Waals surface area contributed by atoms with Crippen LogP contribution in [0.2, 0.25) is 0 Å². The summed E-state index contributed by atoms with van der Waals surface area (Å²) in [6.07, 6.45) is 5.28. The fourth-order valence-electron chi connectivity index (χ4n) is 2.09. The van der Waals surface area contributed by atoms with Crippen LogP contribution in [0.3, 0.4) is 0 Å². The first kappa shape index (κ1) is 14.8. The Morgan fingerprint density at radius 2 is 2.10 bits per heavy atom. The summed E-state index contributed by atoms with van der Waals surface area (Å²) < 4.78 is 5.68. The van der Waals surface area contributed by atoms with Gasteiger partial charge < -0.3 is 9.64 Å². The molecule has 2 atom stereocenters. The van der Waals surface area contributed by atoms with Crippen molar-refractivity contribution in [2.45, 2.75) is 33.0 Å². The Bertz CT molecular complexity index is 483. The van der Waals surface area contributed by atoms with E-state index in [-0.39, 0.29) is 12.2 Å². The molecule has 2 heterocycles. The third kappa shape index (κ3) is 3.94. The first-order chi connectivity index (χ1) is 9.56. The third-order valence-electron chi connectivity index (χ3n) is 2.96. The SMILES string of the molecule is CC(=NNC(=S)N1CC(C)OC(C)C1)c1cnccn1. The fourth-order valence-corrected chi connectivity index (χ4v) is 2.28. The van der Waals surface area contributed by atoms with E-state index in [9.17, 15) is 0 Å². The van der Waals surface area contributed by atoms with Crippen LogP contribution in [0, 0.1) is 0 Å². The molecule has 0 spiro atoms. The standard InChI is InChI=1S/C13H19N5OS/c1-9-7-18(8-10(2)19-9)13(20)17-16-11(3)12-6-14-4-5-15-12/h4-6,9-10H,7-8H2,1-3H3,(H,17,20). The molecule has 0 saturated carbocycles. The van der Waals surface area contributed by atoms with Gasteiger partial charge in [0.1, 0.15) is 5.69 Å². The Morgan fingerprint density at radius 3 is 2.70 bits per heavy atom. The van der Waals surface area contributed by atoms with Crippen LogP contribution in [0.25, 0.3) is 0 Å². The summed E-state index contributed by atoms with van der Waals surface area (Å²) in [7, 11) is 0. The Labute approximate surface area is 124 Å². The molecule has 1 aromatic rings. The van der Waals surface area contributed by atoms with Gasteiger partial charge in [-0.15, -0.1) is 0 Å². The number of aromatic nitrogens is 2. The molecule has 1 N–H and O–H groups in total. The highest BCUT2D eigenvalue weighted by atomic mass is 32.1. The lowest BCUT2D eigenvalue weighted by Crippen LogP contribution is -2.50. The maximum absolute atomic E-state index is 5.68. The number of ether oxygens (including phenoxy) is 1. The molecule has 0 aliphatic carbocycles. The van der Waals surface area contributed by atoms with Gasteiger partial charge in [-0.2, -0.15) is 5.10 Å². The Hall–Kier alpha value is -1.60. The van der Waals surface area contributed by atoms with Crippen molar-refractivity contribution in [1.82, 2.24) is 20.3 Å². The molecule has 6 nitrogen and oxygen atoms in total. The summed E-state index contributed by atoms with van der Waals surface area (Å²) in [6.45, 7) is 7.49. The molecular formula is C13H19N5OS. The quantitative estimate of drug-likeness (QED) is 0.502. The molecule has 1 aromatic heterocycles. The van der Waals surface area contributed by atoms with Gasteiger partial charge in [0.15, 0.2) is 5.11 Å². The molecule has 0 aromatic carbocycles. The minimum absolute atomic E-state index is 0.170. The van der Waals surface area contributed by atoms with E-state index in [1.807, 2.05) is 20.8 Å². The lowest BCUT2D eigenvalue weighted by Gasteiger charge is -2.36. The summed E-state index contributed by atoms with van der Waals surface area (Å²) in [6, 6.07) is 0. The van der Waals surface area contributed by atoms with Gasteiger partial charge in [-0.1, -0.05) is 0 Å². The summed E-state index contributed by atoms with van der Waals surface area (Å²) in [4.78, 5) is 10.3. The highest BCUT2D eigenvalue weighted by Crippen LogP contribution is 2.10. The van der Waals surface area contributed by atoms with Gasteiger partial charge in [0, 0.05) is 25.5 Å². The predicted octanol–water partition coefficient (Wildman–Crippen LogP) is 1.18. The Kier molecular flexibility index (Phi) is 4.97. The summed E-state index contributed by atoms with van der Waals surface area (Å²) in [5.74, 6) is 0.